The normalized spacial score (nSPS) is 11.2. The lowest BCUT2D eigenvalue weighted by Crippen LogP contribution is -2.19. The molecule has 8 aromatic rings. The van der Waals surface area contributed by atoms with E-state index in [1.165, 1.54) is 11.4 Å². The van der Waals surface area contributed by atoms with Crippen LogP contribution in [0.2, 0.25) is 0 Å². The molecule has 0 bridgehead atoms. The summed E-state index contributed by atoms with van der Waals surface area (Å²) in [7, 11) is 0. The second-order valence-corrected chi connectivity index (χ2v) is 14.4. The number of esters is 2. The van der Waals surface area contributed by atoms with Crippen molar-refractivity contribution in [1.82, 2.24) is 9.97 Å². The van der Waals surface area contributed by atoms with Crippen LogP contribution in [0, 0.1) is 12.7 Å². The van der Waals surface area contributed by atoms with Gasteiger partial charge in [-0.2, -0.15) is 0 Å². The third-order valence-corrected chi connectivity index (χ3v) is 10.6. The van der Waals surface area contributed by atoms with E-state index >= 15 is 0 Å². The number of ether oxygens (including phenoxy) is 1. The first-order valence-electron chi connectivity index (χ1n) is 16.0. The fraction of sp³-hybridized carbons (Fsp3) is 0.0256. The number of halogens is 2. The second-order valence-electron chi connectivity index (χ2n) is 11.7. The average molecular weight is 822 g/mol. The van der Waals surface area contributed by atoms with Gasteiger partial charge in [-0.3, -0.25) is 9.59 Å². The van der Waals surface area contributed by atoms with Gasteiger partial charge < -0.3 is 24.2 Å². The van der Waals surface area contributed by atoms with Gasteiger partial charge in [-0.25, -0.2) is 23.9 Å². The van der Waals surface area contributed by atoms with E-state index in [-0.39, 0.29) is 38.5 Å². The van der Waals surface area contributed by atoms with Gasteiger partial charge in [0, 0.05) is 26.4 Å². The Bertz CT molecular complexity index is 2720. The molecule has 0 atom stereocenters. The molecule has 0 fully saturated rings. The van der Waals surface area contributed by atoms with E-state index in [1.54, 1.807) is 97.2 Å². The van der Waals surface area contributed by atoms with Gasteiger partial charge in [0.1, 0.15) is 38.0 Å². The zero-order valence-electron chi connectivity index (χ0n) is 27.6. The van der Waals surface area contributed by atoms with Crippen molar-refractivity contribution in [3.63, 3.8) is 0 Å². The minimum absolute atomic E-state index is 0.000947. The maximum absolute atomic E-state index is 14.8. The molecule has 0 saturated heterocycles. The second kappa shape index (κ2) is 14.3. The molecule has 4 aromatic heterocycles. The predicted molar refractivity (Wildman–Crippen MR) is 206 cm³/mol. The predicted octanol–water partition coefficient (Wildman–Crippen LogP) is 10.1. The Hall–Kier alpha value is -6.29. The molecule has 2 amide bonds. The van der Waals surface area contributed by atoms with Crippen molar-refractivity contribution in [2.24, 2.45) is 0 Å². The molecule has 0 unspecified atom stereocenters. The number of carbonyl (C=O) groups is 4. The highest BCUT2D eigenvalue weighted by molar-refractivity contribution is 9.10. The molecule has 4 aromatic carbocycles. The highest BCUT2D eigenvalue weighted by Crippen LogP contribution is 2.40. The summed E-state index contributed by atoms with van der Waals surface area (Å²) in [5.74, 6) is -4.78. The van der Waals surface area contributed by atoms with Crippen LogP contribution >= 0.6 is 38.6 Å². The van der Waals surface area contributed by atoms with Crippen molar-refractivity contribution in [2.45, 2.75) is 6.92 Å². The molecular formula is C39H22BrFN4O7S2. The zero-order chi connectivity index (χ0) is 37.5. The van der Waals surface area contributed by atoms with E-state index in [0.29, 0.717) is 44.5 Å². The van der Waals surface area contributed by atoms with Crippen molar-refractivity contribution >= 4 is 94.6 Å². The van der Waals surface area contributed by atoms with E-state index in [0.717, 1.165) is 27.1 Å². The number of amides is 2. The minimum atomic E-state index is -1.14. The Morgan fingerprint density at radius 2 is 1.17 bits per heavy atom. The van der Waals surface area contributed by atoms with Crippen LogP contribution in [-0.4, -0.2) is 33.7 Å². The fourth-order valence-corrected chi connectivity index (χ4v) is 7.73. The number of oxazole rings is 2. The van der Waals surface area contributed by atoms with Crippen molar-refractivity contribution in [3.8, 4) is 22.3 Å². The Kier molecular flexibility index (Phi) is 9.19. The van der Waals surface area contributed by atoms with E-state index < -0.39 is 29.6 Å². The first-order chi connectivity index (χ1) is 26.1. The van der Waals surface area contributed by atoms with Crippen LogP contribution in [0.1, 0.15) is 47.6 Å². The van der Waals surface area contributed by atoms with Gasteiger partial charge in [0.05, 0.1) is 0 Å². The minimum Gasteiger partial charge on any atom is -0.432 e. The van der Waals surface area contributed by atoms with Gasteiger partial charge in [0.25, 0.3) is 11.8 Å². The summed E-state index contributed by atoms with van der Waals surface area (Å²) in [6, 6.07) is 25.1. The lowest BCUT2D eigenvalue weighted by Gasteiger charge is -2.11. The topological polar surface area (TPSA) is 154 Å². The first kappa shape index (κ1) is 34.8. The molecule has 266 valence electrons. The number of nitrogens with zero attached hydrogens (tertiary/aromatic N) is 2. The zero-order valence-corrected chi connectivity index (χ0v) is 30.9. The van der Waals surface area contributed by atoms with Gasteiger partial charge in [-0.15, -0.1) is 22.7 Å². The quantitative estimate of drug-likeness (QED) is 0.113. The third-order valence-electron chi connectivity index (χ3n) is 8.24. The molecular weight excluding hydrogens is 799 g/mol. The number of fused-ring (bicyclic) bond motifs is 2. The summed E-state index contributed by atoms with van der Waals surface area (Å²) in [6.07, 6.45) is 0. The standard InChI is InChI=1S/C39H22BrFN4O7S2/c1-19-10-11-21(16-25(19)41)24-18-54-37(45-33(47)35-43-27-7-3-5-9-29(27)51-35)31(24)39(49)52-38(48)30-23(20-12-14-22(40)15-13-20)17-53-36(30)44-32(46)34-42-26-6-2-4-8-28(26)50-34/h2-18H,1H3,(H,44,46)(H,45,47). The molecule has 8 rings (SSSR count). The molecule has 0 spiro atoms. The summed E-state index contributed by atoms with van der Waals surface area (Å²) in [5, 5.41) is 8.57. The number of hydrogen-bond donors (Lipinski definition) is 2. The van der Waals surface area contributed by atoms with Crippen LogP contribution < -0.4 is 10.6 Å². The summed E-state index contributed by atoms with van der Waals surface area (Å²) in [5.41, 5.74) is 3.21. The first-order valence-corrected chi connectivity index (χ1v) is 18.5. The number of aryl methyl sites for hydroxylation is 1. The van der Waals surface area contributed by atoms with E-state index in [9.17, 15) is 23.6 Å². The number of hydrogen-bond acceptors (Lipinski definition) is 11. The van der Waals surface area contributed by atoms with E-state index in [2.05, 4.69) is 36.5 Å². The number of rotatable bonds is 8. The number of para-hydroxylation sites is 4. The van der Waals surface area contributed by atoms with Gasteiger partial charge in [0.15, 0.2) is 11.2 Å². The molecule has 4 heterocycles. The van der Waals surface area contributed by atoms with Gasteiger partial charge >= 0.3 is 23.8 Å². The van der Waals surface area contributed by atoms with Crippen LogP contribution in [0.4, 0.5) is 14.4 Å². The Labute approximate surface area is 320 Å². The van der Waals surface area contributed by atoms with Gasteiger partial charge in [-0.1, -0.05) is 64.5 Å². The molecule has 0 saturated carbocycles. The van der Waals surface area contributed by atoms with Gasteiger partial charge in [0.2, 0.25) is 0 Å². The van der Waals surface area contributed by atoms with Crippen LogP contribution in [-0.2, 0) is 4.74 Å². The molecule has 0 aliphatic carbocycles. The highest BCUT2D eigenvalue weighted by atomic mass is 79.9. The maximum Gasteiger partial charge on any atom is 0.349 e. The smallest absolute Gasteiger partial charge is 0.349 e. The molecule has 0 aliphatic rings. The third kappa shape index (κ3) is 6.71. The Morgan fingerprint density at radius 1 is 0.685 bits per heavy atom. The molecule has 2 N–H and O–H groups in total. The maximum atomic E-state index is 14.8. The SMILES string of the molecule is Cc1ccc(-c2csc(NC(=O)c3nc4ccccc4o3)c2C(=O)OC(=O)c2c(-c3ccc(Br)cc3)csc2NC(=O)c2nc3ccccc3o2)cc1F. The fourth-order valence-electron chi connectivity index (χ4n) is 5.56. The number of carbonyl (C=O) groups excluding carboxylic acids is 4. The van der Waals surface area contributed by atoms with Crippen LogP contribution in [0.25, 0.3) is 44.5 Å². The Balaban J connectivity index is 1.15. The monoisotopic (exact) mass is 820 g/mol. The van der Waals surface area contributed by atoms with Crippen LogP contribution in [0.15, 0.2) is 115 Å². The van der Waals surface area contributed by atoms with Crippen molar-refractivity contribution in [1.29, 1.82) is 0 Å². The van der Waals surface area contributed by atoms with Crippen molar-refractivity contribution in [3.05, 3.63) is 141 Å². The molecule has 15 heteroatoms. The Morgan fingerprint density at radius 3 is 1.67 bits per heavy atom. The van der Waals surface area contributed by atoms with E-state index in [4.69, 9.17) is 13.6 Å². The van der Waals surface area contributed by atoms with E-state index in [1.807, 2.05) is 0 Å². The number of benzene rings is 4. The molecule has 11 nitrogen and oxygen atoms in total. The lowest BCUT2D eigenvalue weighted by molar-refractivity contribution is 0.0401. The number of thiophene rings is 2. The highest BCUT2D eigenvalue weighted by Gasteiger charge is 2.31. The number of aromatic nitrogens is 2. The molecule has 0 radical (unpaired) electrons. The van der Waals surface area contributed by atoms with Crippen molar-refractivity contribution in [2.75, 3.05) is 10.6 Å². The summed E-state index contributed by atoms with van der Waals surface area (Å²) in [6.45, 7) is 1.59. The largest absolute Gasteiger partial charge is 0.432 e. The van der Waals surface area contributed by atoms with Crippen LogP contribution in [0.5, 0.6) is 0 Å². The summed E-state index contributed by atoms with van der Waals surface area (Å²) < 4.78 is 32.3. The van der Waals surface area contributed by atoms with Gasteiger partial charge in [-0.05, 0) is 66.1 Å². The number of anilines is 2. The lowest BCUT2D eigenvalue weighted by atomic mass is 10.0. The molecule has 54 heavy (non-hydrogen) atoms. The molecule has 0 aliphatic heterocycles. The summed E-state index contributed by atoms with van der Waals surface area (Å²) >= 11 is 5.41. The summed E-state index contributed by atoms with van der Waals surface area (Å²) in [4.78, 5) is 63.5. The average Bonchev–Trinajstić information content (AvgIpc) is 3.97. The van der Waals surface area contributed by atoms with Crippen LogP contribution in [0.3, 0.4) is 0 Å². The number of nitrogens with one attached hydrogen (secondary N) is 2. The van der Waals surface area contributed by atoms with Crippen molar-refractivity contribution < 1.29 is 37.1 Å².